The standard InChI is InChI=1S/C28H38O3Si/c1-23(18-21-28(30)19-12-7-13-20-28)26(29)22-31-32(27(2,3)4,24-14-8-5-9-15-24)25-16-10-6-11-17-25/h5-6,8-11,14-17,21,26,29-30H,7,12-13,19-20,22H2,1-4H3/t18?,26-/m1/s1. The van der Waals surface area contributed by atoms with E-state index in [1.165, 1.54) is 16.8 Å². The van der Waals surface area contributed by atoms with Crippen molar-refractivity contribution in [1.29, 1.82) is 0 Å². The molecule has 0 saturated heterocycles. The molecule has 0 heterocycles. The number of rotatable bonds is 7. The number of aliphatic hydroxyl groups is 2. The van der Waals surface area contributed by atoms with Crippen molar-refractivity contribution in [1.82, 2.24) is 0 Å². The van der Waals surface area contributed by atoms with Gasteiger partial charge in [0.05, 0.1) is 12.2 Å². The molecule has 0 unspecified atom stereocenters. The SMILES string of the molecule is CC(=C=CC1(O)CCCCC1)[C@H](O)CO[Si](c1ccccc1)(c1ccccc1)C(C)(C)C. The molecule has 0 aliphatic heterocycles. The van der Waals surface area contributed by atoms with Crippen molar-refractivity contribution in [3.63, 3.8) is 0 Å². The summed E-state index contributed by atoms with van der Waals surface area (Å²) in [7, 11) is -2.69. The Hall–Kier alpha value is -1.94. The van der Waals surface area contributed by atoms with E-state index in [4.69, 9.17) is 4.43 Å². The van der Waals surface area contributed by atoms with Gasteiger partial charge in [0.15, 0.2) is 0 Å². The van der Waals surface area contributed by atoms with Crippen LogP contribution in [0.5, 0.6) is 0 Å². The van der Waals surface area contributed by atoms with Crippen LogP contribution in [0.25, 0.3) is 0 Å². The maximum absolute atomic E-state index is 11.0. The van der Waals surface area contributed by atoms with Gasteiger partial charge in [-0.1, -0.05) is 101 Å². The fraction of sp³-hybridized carbons (Fsp3) is 0.464. The van der Waals surface area contributed by atoms with Crippen LogP contribution < -0.4 is 10.4 Å². The maximum atomic E-state index is 11.0. The summed E-state index contributed by atoms with van der Waals surface area (Å²) in [6.45, 7) is 8.74. The van der Waals surface area contributed by atoms with Crippen LogP contribution in [0, 0.1) is 0 Å². The van der Waals surface area contributed by atoms with Crippen LogP contribution >= 0.6 is 0 Å². The van der Waals surface area contributed by atoms with Crippen molar-refractivity contribution < 1.29 is 14.6 Å². The molecule has 2 aromatic carbocycles. The first-order valence-corrected chi connectivity index (χ1v) is 13.7. The first-order chi connectivity index (χ1) is 15.2. The molecule has 3 nitrogen and oxygen atoms in total. The molecule has 0 amide bonds. The fourth-order valence-electron chi connectivity index (χ4n) is 4.74. The van der Waals surface area contributed by atoms with E-state index in [2.05, 4.69) is 75.0 Å². The van der Waals surface area contributed by atoms with Crippen molar-refractivity contribution in [2.45, 2.75) is 76.5 Å². The van der Waals surface area contributed by atoms with Gasteiger partial charge in [-0.3, -0.25) is 0 Å². The van der Waals surface area contributed by atoms with Crippen LogP contribution in [0.3, 0.4) is 0 Å². The van der Waals surface area contributed by atoms with Gasteiger partial charge in [0, 0.05) is 0 Å². The summed E-state index contributed by atoms with van der Waals surface area (Å²) in [5, 5.41) is 23.9. The van der Waals surface area contributed by atoms with E-state index >= 15 is 0 Å². The molecule has 3 rings (SSSR count). The summed E-state index contributed by atoms with van der Waals surface area (Å²) < 4.78 is 6.82. The molecule has 0 bridgehead atoms. The van der Waals surface area contributed by atoms with E-state index < -0.39 is 20.0 Å². The third-order valence-corrected chi connectivity index (χ3v) is 11.7. The summed E-state index contributed by atoms with van der Waals surface area (Å²) in [4.78, 5) is 0. The third-order valence-electron chi connectivity index (χ3n) is 6.66. The second kappa shape index (κ2) is 10.3. The molecule has 2 N–H and O–H groups in total. The van der Waals surface area contributed by atoms with Crippen molar-refractivity contribution in [3.8, 4) is 0 Å². The van der Waals surface area contributed by atoms with Gasteiger partial charge in [0.25, 0.3) is 8.32 Å². The average molecular weight is 451 g/mol. The lowest BCUT2D eigenvalue weighted by Gasteiger charge is -2.43. The van der Waals surface area contributed by atoms with Gasteiger partial charge in [-0.25, -0.2) is 0 Å². The van der Waals surface area contributed by atoms with Crippen LogP contribution in [0.2, 0.25) is 5.04 Å². The van der Waals surface area contributed by atoms with Crippen molar-refractivity contribution in [2.24, 2.45) is 0 Å². The lowest BCUT2D eigenvalue weighted by Crippen LogP contribution is -2.67. The van der Waals surface area contributed by atoms with Crippen molar-refractivity contribution in [3.05, 3.63) is 78.0 Å². The van der Waals surface area contributed by atoms with Gasteiger partial charge in [0.1, 0.15) is 6.10 Å². The Balaban J connectivity index is 1.91. The molecule has 172 valence electrons. The normalized spacial score (nSPS) is 17.3. The minimum Gasteiger partial charge on any atom is -0.404 e. The molecule has 1 aliphatic rings. The minimum absolute atomic E-state index is 0.139. The molecule has 0 radical (unpaired) electrons. The first kappa shape index (κ1) is 24.7. The summed E-state index contributed by atoms with van der Waals surface area (Å²) >= 11 is 0. The number of hydrogen-bond donors (Lipinski definition) is 2. The number of hydrogen-bond acceptors (Lipinski definition) is 3. The number of aliphatic hydroxyl groups excluding tert-OH is 1. The Morgan fingerprint density at radius 2 is 1.50 bits per heavy atom. The molecule has 4 heteroatoms. The highest BCUT2D eigenvalue weighted by Crippen LogP contribution is 2.37. The smallest absolute Gasteiger partial charge is 0.261 e. The third kappa shape index (κ3) is 5.51. The monoisotopic (exact) mass is 450 g/mol. The molecule has 1 atom stereocenters. The fourth-order valence-corrected chi connectivity index (χ4v) is 9.31. The molecule has 1 fully saturated rings. The quantitative estimate of drug-likeness (QED) is 0.474. The molecule has 0 aromatic heterocycles. The summed E-state index contributed by atoms with van der Waals surface area (Å²) in [5.74, 6) is 0. The van der Waals surface area contributed by atoms with E-state index in [9.17, 15) is 10.2 Å². The predicted octanol–water partition coefficient (Wildman–Crippen LogP) is 4.72. The van der Waals surface area contributed by atoms with Crippen molar-refractivity contribution in [2.75, 3.05) is 6.61 Å². The predicted molar refractivity (Wildman–Crippen MR) is 135 cm³/mol. The van der Waals surface area contributed by atoms with Crippen molar-refractivity contribution >= 4 is 18.7 Å². The molecule has 0 spiro atoms. The Morgan fingerprint density at radius 1 is 1.00 bits per heavy atom. The van der Waals surface area contributed by atoms with E-state index in [1.807, 2.05) is 19.1 Å². The van der Waals surface area contributed by atoms with E-state index in [0.717, 1.165) is 25.7 Å². The summed E-state index contributed by atoms with van der Waals surface area (Å²) in [6.07, 6.45) is 5.76. The summed E-state index contributed by atoms with van der Waals surface area (Å²) in [5.41, 5.74) is 3.08. The topological polar surface area (TPSA) is 49.7 Å². The zero-order valence-electron chi connectivity index (χ0n) is 20.0. The highest BCUT2D eigenvalue weighted by molar-refractivity contribution is 6.99. The Morgan fingerprint density at radius 3 is 1.97 bits per heavy atom. The second-order valence-corrected chi connectivity index (χ2v) is 14.4. The first-order valence-electron chi connectivity index (χ1n) is 11.8. The van der Waals surface area contributed by atoms with Crippen LogP contribution in [0.4, 0.5) is 0 Å². The summed E-state index contributed by atoms with van der Waals surface area (Å²) in [6, 6.07) is 20.9. The second-order valence-electron chi connectivity index (χ2n) is 10.1. The van der Waals surface area contributed by atoms with Crippen LogP contribution in [-0.4, -0.2) is 36.8 Å². The van der Waals surface area contributed by atoms with Gasteiger partial charge in [-0.05, 0) is 46.8 Å². The van der Waals surface area contributed by atoms with E-state index in [0.29, 0.717) is 5.57 Å². The lowest BCUT2D eigenvalue weighted by molar-refractivity contribution is 0.0513. The van der Waals surface area contributed by atoms with E-state index in [1.54, 1.807) is 6.08 Å². The largest absolute Gasteiger partial charge is 0.404 e. The highest BCUT2D eigenvalue weighted by Gasteiger charge is 2.50. The van der Waals surface area contributed by atoms with Gasteiger partial charge in [-0.2, -0.15) is 0 Å². The Labute approximate surface area is 194 Å². The average Bonchev–Trinajstić information content (AvgIpc) is 2.79. The zero-order valence-corrected chi connectivity index (χ0v) is 21.0. The Bertz CT molecular complexity index is 879. The van der Waals surface area contributed by atoms with Gasteiger partial charge >= 0.3 is 0 Å². The lowest BCUT2D eigenvalue weighted by atomic mass is 9.85. The molecular formula is C28H38O3Si. The van der Waals surface area contributed by atoms with Gasteiger partial charge in [-0.15, -0.1) is 5.73 Å². The van der Waals surface area contributed by atoms with Gasteiger partial charge in [0.2, 0.25) is 0 Å². The van der Waals surface area contributed by atoms with Gasteiger partial charge < -0.3 is 14.6 Å². The zero-order chi connectivity index (χ0) is 23.2. The maximum Gasteiger partial charge on any atom is 0.261 e. The Kier molecular flexibility index (Phi) is 7.97. The molecule has 2 aromatic rings. The molecular weight excluding hydrogens is 412 g/mol. The van der Waals surface area contributed by atoms with E-state index in [-0.39, 0.29) is 11.6 Å². The molecule has 1 aliphatic carbocycles. The van der Waals surface area contributed by atoms with Crippen LogP contribution in [0.15, 0.2) is 78.0 Å². The van der Waals surface area contributed by atoms with Crippen LogP contribution in [0.1, 0.15) is 59.8 Å². The highest BCUT2D eigenvalue weighted by atomic mass is 28.4. The molecule has 32 heavy (non-hydrogen) atoms. The molecule has 1 saturated carbocycles. The number of benzene rings is 2. The van der Waals surface area contributed by atoms with Crippen LogP contribution in [-0.2, 0) is 4.43 Å². The minimum atomic E-state index is -2.69.